The fraction of sp³-hybridized carbons (Fsp3) is 0.211. The van der Waals surface area contributed by atoms with E-state index in [1.807, 2.05) is 55.5 Å². The van der Waals surface area contributed by atoms with Crippen molar-refractivity contribution < 1.29 is 9.53 Å². The molecule has 0 spiro atoms. The normalized spacial score (nSPS) is 10.4. The van der Waals surface area contributed by atoms with Gasteiger partial charge in [-0.1, -0.05) is 24.3 Å². The minimum absolute atomic E-state index is 0.100. The van der Waals surface area contributed by atoms with E-state index in [1.165, 1.54) is 11.3 Å². The van der Waals surface area contributed by atoms with Gasteiger partial charge in [-0.25, -0.2) is 4.98 Å². The minimum atomic E-state index is -0.100. The number of benzene rings is 1. The third kappa shape index (κ3) is 4.64. The fourth-order valence-electron chi connectivity index (χ4n) is 2.27. The number of hydrogen-bond donors (Lipinski definition) is 1. The second-order valence-corrected chi connectivity index (χ2v) is 6.42. The summed E-state index contributed by atoms with van der Waals surface area (Å²) in [5.41, 5.74) is 1.51. The molecule has 0 radical (unpaired) electrons. The lowest BCUT2D eigenvalue weighted by atomic mass is 10.3. The molecule has 6 heteroatoms. The summed E-state index contributed by atoms with van der Waals surface area (Å²) in [6.45, 7) is 2.96. The Labute approximate surface area is 150 Å². The van der Waals surface area contributed by atoms with E-state index in [0.717, 1.165) is 28.6 Å². The predicted molar refractivity (Wildman–Crippen MR) is 99.0 cm³/mol. The first-order chi connectivity index (χ1) is 12.2. The van der Waals surface area contributed by atoms with E-state index in [9.17, 15) is 4.79 Å². The van der Waals surface area contributed by atoms with Gasteiger partial charge in [0.05, 0.1) is 18.0 Å². The molecule has 3 aromatic rings. The van der Waals surface area contributed by atoms with Gasteiger partial charge in [0.15, 0.2) is 0 Å². The van der Waals surface area contributed by atoms with Gasteiger partial charge in [0.1, 0.15) is 15.6 Å². The lowest BCUT2D eigenvalue weighted by molar-refractivity contribution is 0.0955. The zero-order valence-electron chi connectivity index (χ0n) is 13.9. The third-order valence-electron chi connectivity index (χ3n) is 3.51. The number of hydrogen-bond acceptors (Lipinski definition) is 5. The first kappa shape index (κ1) is 17.1. The largest absolute Gasteiger partial charge is 0.494 e. The number of aromatic nitrogens is 2. The van der Waals surface area contributed by atoms with Crippen molar-refractivity contribution in [2.24, 2.45) is 0 Å². The summed E-state index contributed by atoms with van der Waals surface area (Å²) in [5.74, 6) is 0.740. The van der Waals surface area contributed by atoms with Crippen LogP contribution in [0, 0.1) is 6.92 Å². The van der Waals surface area contributed by atoms with Crippen molar-refractivity contribution in [2.75, 3.05) is 13.2 Å². The molecule has 1 N–H and O–H groups in total. The number of amides is 1. The van der Waals surface area contributed by atoms with E-state index in [4.69, 9.17) is 4.74 Å². The quantitative estimate of drug-likeness (QED) is 0.658. The van der Waals surface area contributed by atoms with Gasteiger partial charge in [0, 0.05) is 12.7 Å². The Morgan fingerprint density at radius 1 is 1.16 bits per heavy atom. The Kier molecular flexibility index (Phi) is 5.74. The Hall–Kier alpha value is -2.73. The number of carbonyl (C=O) groups is 1. The van der Waals surface area contributed by atoms with Crippen molar-refractivity contribution in [1.29, 1.82) is 0 Å². The van der Waals surface area contributed by atoms with Crippen molar-refractivity contribution in [1.82, 2.24) is 15.3 Å². The predicted octanol–water partition coefficient (Wildman–Crippen LogP) is 3.71. The SMILES string of the molecule is Cc1nc(-c2ccccn2)sc1C(=O)NCCCOc1ccccc1. The Morgan fingerprint density at radius 2 is 1.96 bits per heavy atom. The van der Waals surface area contributed by atoms with Crippen molar-refractivity contribution >= 4 is 17.2 Å². The van der Waals surface area contributed by atoms with Crippen LogP contribution in [0.15, 0.2) is 54.7 Å². The average Bonchev–Trinajstić information content (AvgIpc) is 3.05. The van der Waals surface area contributed by atoms with E-state index < -0.39 is 0 Å². The van der Waals surface area contributed by atoms with Crippen molar-refractivity contribution in [3.8, 4) is 16.5 Å². The maximum atomic E-state index is 12.3. The second kappa shape index (κ2) is 8.39. The van der Waals surface area contributed by atoms with Crippen LogP contribution in [0.25, 0.3) is 10.7 Å². The molecule has 0 aliphatic heterocycles. The lowest BCUT2D eigenvalue weighted by Crippen LogP contribution is -2.25. The lowest BCUT2D eigenvalue weighted by Gasteiger charge is -2.06. The number of nitrogens with zero attached hydrogens (tertiary/aromatic N) is 2. The molecular weight excluding hydrogens is 334 g/mol. The first-order valence-electron chi connectivity index (χ1n) is 8.09. The zero-order chi connectivity index (χ0) is 17.5. The number of para-hydroxylation sites is 1. The highest BCUT2D eigenvalue weighted by Crippen LogP contribution is 2.26. The molecule has 0 saturated carbocycles. The van der Waals surface area contributed by atoms with Gasteiger partial charge < -0.3 is 10.1 Å². The van der Waals surface area contributed by atoms with Crippen LogP contribution in [0.4, 0.5) is 0 Å². The summed E-state index contributed by atoms with van der Waals surface area (Å²) in [5, 5.41) is 3.68. The van der Waals surface area contributed by atoms with Crippen molar-refractivity contribution in [3.05, 3.63) is 65.3 Å². The fourth-order valence-corrected chi connectivity index (χ4v) is 3.23. The molecule has 0 aliphatic carbocycles. The van der Waals surface area contributed by atoms with Crippen LogP contribution in [-0.2, 0) is 0 Å². The molecule has 5 nitrogen and oxygen atoms in total. The van der Waals surface area contributed by atoms with Crippen LogP contribution in [0.2, 0.25) is 0 Å². The van der Waals surface area contributed by atoms with Gasteiger partial charge >= 0.3 is 0 Å². The van der Waals surface area contributed by atoms with Crippen LogP contribution in [0.1, 0.15) is 21.8 Å². The van der Waals surface area contributed by atoms with Crippen LogP contribution in [0.3, 0.4) is 0 Å². The molecule has 0 aliphatic rings. The number of carbonyl (C=O) groups excluding carboxylic acids is 1. The van der Waals surface area contributed by atoms with Gasteiger partial charge in [0.25, 0.3) is 5.91 Å². The summed E-state index contributed by atoms with van der Waals surface area (Å²) < 4.78 is 5.61. The minimum Gasteiger partial charge on any atom is -0.494 e. The third-order valence-corrected chi connectivity index (χ3v) is 4.68. The highest BCUT2D eigenvalue weighted by Gasteiger charge is 2.16. The number of ether oxygens (including phenoxy) is 1. The van der Waals surface area contributed by atoms with Crippen molar-refractivity contribution in [2.45, 2.75) is 13.3 Å². The molecule has 2 heterocycles. The van der Waals surface area contributed by atoms with Crippen LogP contribution < -0.4 is 10.1 Å². The number of thiazole rings is 1. The topological polar surface area (TPSA) is 64.1 Å². The molecule has 0 fully saturated rings. The summed E-state index contributed by atoms with van der Waals surface area (Å²) in [6.07, 6.45) is 2.46. The number of nitrogens with one attached hydrogen (secondary N) is 1. The molecule has 128 valence electrons. The van der Waals surface area contributed by atoms with Crippen molar-refractivity contribution in [3.63, 3.8) is 0 Å². The number of aryl methyl sites for hydroxylation is 1. The Morgan fingerprint density at radius 3 is 2.72 bits per heavy atom. The van der Waals surface area contributed by atoms with Gasteiger partial charge in [-0.3, -0.25) is 9.78 Å². The van der Waals surface area contributed by atoms with Gasteiger partial charge in [0.2, 0.25) is 0 Å². The van der Waals surface area contributed by atoms with E-state index >= 15 is 0 Å². The summed E-state index contributed by atoms with van der Waals surface area (Å²) in [7, 11) is 0. The van der Waals surface area contributed by atoms with Gasteiger partial charge in [-0.15, -0.1) is 11.3 Å². The number of pyridine rings is 1. The van der Waals surface area contributed by atoms with Gasteiger partial charge in [-0.2, -0.15) is 0 Å². The molecule has 0 unspecified atom stereocenters. The Bertz CT molecular complexity index is 819. The van der Waals surface area contributed by atoms with E-state index in [1.54, 1.807) is 6.20 Å². The zero-order valence-corrected chi connectivity index (χ0v) is 14.8. The molecule has 1 amide bonds. The smallest absolute Gasteiger partial charge is 0.263 e. The highest BCUT2D eigenvalue weighted by molar-refractivity contribution is 7.17. The summed E-state index contributed by atoms with van der Waals surface area (Å²) in [6, 6.07) is 15.3. The van der Waals surface area contributed by atoms with Crippen LogP contribution >= 0.6 is 11.3 Å². The monoisotopic (exact) mass is 353 g/mol. The molecule has 3 rings (SSSR count). The second-order valence-electron chi connectivity index (χ2n) is 5.42. The van der Waals surface area contributed by atoms with Crippen LogP contribution in [-0.4, -0.2) is 29.0 Å². The first-order valence-corrected chi connectivity index (χ1v) is 8.90. The maximum absolute atomic E-state index is 12.3. The van der Waals surface area contributed by atoms with E-state index in [0.29, 0.717) is 18.0 Å². The highest BCUT2D eigenvalue weighted by atomic mass is 32.1. The molecule has 25 heavy (non-hydrogen) atoms. The average molecular weight is 353 g/mol. The Balaban J connectivity index is 1.49. The van der Waals surface area contributed by atoms with Crippen LogP contribution in [0.5, 0.6) is 5.75 Å². The molecule has 0 bridgehead atoms. The van der Waals surface area contributed by atoms with E-state index in [-0.39, 0.29) is 5.91 Å². The number of rotatable bonds is 7. The standard InChI is InChI=1S/C19H19N3O2S/c1-14-17(25-19(22-14)16-10-5-6-11-20-16)18(23)21-12-7-13-24-15-8-3-2-4-9-15/h2-6,8-11H,7,12-13H2,1H3,(H,21,23). The molecule has 2 aromatic heterocycles. The molecule has 1 aromatic carbocycles. The summed E-state index contributed by atoms with van der Waals surface area (Å²) in [4.78, 5) is 21.7. The van der Waals surface area contributed by atoms with Gasteiger partial charge in [-0.05, 0) is 37.6 Å². The molecular formula is C19H19N3O2S. The molecule has 0 atom stereocenters. The maximum Gasteiger partial charge on any atom is 0.263 e. The van der Waals surface area contributed by atoms with E-state index in [2.05, 4.69) is 15.3 Å². The summed E-state index contributed by atoms with van der Waals surface area (Å²) >= 11 is 1.36. The molecule has 0 saturated heterocycles.